The van der Waals surface area contributed by atoms with E-state index in [1.54, 1.807) is 43.1 Å². The second-order valence-corrected chi connectivity index (χ2v) is 12.0. The third-order valence-corrected chi connectivity index (χ3v) is 8.28. The van der Waals surface area contributed by atoms with Crippen molar-refractivity contribution in [2.75, 3.05) is 30.8 Å². The molecule has 0 bridgehead atoms. The van der Waals surface area contributed by atoms with Crippen molar-refractivity contribution in [2.24, 2.45) is 10.9 Å². The molecule has 0 saturated heterocycles. The second-order valence-electron chi connectivity index (χ2n) is 8.72. The lowest BCUT2D eigenvalue weighted by atomic mass is 10.1. The minimum absolute atomic E-state index is 0.0555. The molecule has 0 aliphatic carbocycles. The minimum Gasteiger partial charge on any atom is -0.462 e. The van der Waals surface area contributed by atoms with E-state index in [1.165, 1.54) is 0 Å². The Balaban J connectivity index is 1.80. The van der Waals surface area contributed by atoms with Crippen molar-refractivity contribution in [1.29, 1.82) is 0 Å². The molecule has 1 N–H and O–H groups in total. The molecule has 0 atom stereocenters. The Bertz CT molecular complexity index is 1290. The molecular formula is C26H31N3O6S3. The van der Waals surface area contributed by atoms with Gasteiger partial charge in [-0.3, -0.25) is 14.5 Å². The number of anilines is 1. The molecule has 12 heteroatoms. The van der Waals surface area contributed by atoms with Crippen LogP contribution in [0, 0.1) is 19.8 Å². The zero-order valence-electron chi connectivity index (χ0n) is 22.2. The highest BCUT2D eigenvalue weighted by molar-refractivity contribution is 8.14. The van der Waals surface area contributed by atoms with E-state index in [0.29, 0.717) is 23.0 Å². The van der Waals surface area contributed by atoms with E-state index in [-0.39, 0.29) is 46.2 Å². The van der Waals surface area contributed by atoms with Gasteiger partial charge in [-0.05, 0) is 57.4 Å². The average molecular weight is 578 g/mol. The number of thioether (sulfide) groups is 1. The van der Waals surface area contributed by atoms with Crippen molar-refractivity contribution in [1.82, 2.24) is 4.90 Å². The van der Waals surface area contributed by atoms with E-state index < -0.39 is 17.8 Å². The number of amidine groups is 1. The number of esters is 2. The third-order valence-electron chi connectivity index (χ3n) is 5.17. The van der Waals surface area contributed by atoms with Gasteiger partial charge in [-0.2, -0.15) is 0 Å². The number of rotatable bonds is 10. The summed E-state index contributed by atoms with van der Waals surface area (Å²) in [6.07, 6.45) is 1.76. The quantitative estimate of drug-likeness (QED) is 0.299. The summed E-state index contributed by atoms with van der Waals surface area (Å²) in [4.78, 5) is 59.4. The van der Waals surface area contributed by atoms with E-state index in [1.807, 2.05) is 32.9 Å². The Hall–Kier alpha value is -2.96. The number of amides is 2. The first-order valence-corrected chi connectivity index (χ1v) is 14.8. The first-order valence-electron chi connectivity index (χ1n) is 12.1. The number of aliphatic imine (C=N–C) groups is 1. The number of carbonyl (C=O) groups is 4. The van der Waals surface area contributed by atoms with Crippen LogP contribution in [0.2, 0.25) is 0 Å². The predicted molar refractivity (Wildman–Crippen MR) is 153 cm³/mol. The Morgan fingerprint density at radius 3 is 2.39 bits per heavy atom. The van der Waals surface area contributed by atoms with Gasteiger partial charge in [0.2, 0.25) is 5.91 Å². The number of nitrogens with one attached hydrogen (secondary N) is 1. The number of thiophene rings is 2. The van der Waals surface area contributed by atoms with E-state index in [4.69, 9.17) is 9.47 Å². The van der Waals surface area contributed by atoms with Gasteiger partial charge in [0.25, 0.3) is 5.91 Å². The molecule has 204 valence electrons. The molecule has 38 heavy (non-hydrogen) atoms. The number of hydrogen-bond acceptors (Lipinski definition) is 10. The molecular weight excluding hydrogens is 547 g/mol. The molecule has 0 saturated carbocycles. The topological polar surface area (TPSA) is 114 Å². The molecule has 3 heterocycles. The van der Waals surface area contributed by atoms with Gasteiger partial charge in [-0.25, -0.2) is 14.6 Å². The van der Waals surface area contributed by atoms with Crippen molar-refractivity contribution < 1.29 is 28.7 Å². The van der Waals surface area contributed by atoms with E-state index >= 15 is 0 Å². The first kappa shape index (κ1) is 29.6. The van der Waals surface area contributed by atoms with Crippen LogP contribution in [0.5, 0.6) is 0 Å². The number of ether oxygens (including phenoxy) is 2. The highest BCUT2D eigenvalue weighted by Gasteiger charge is 2.32. The molecule has 0 aromatic carbocycles. The van der Waals surface area contributed by atoms with Gasteiger partial charge in [0, 0.05) is 16.3 Å². The fraction of sp³-hybridized carbons (Fsp3) is 0.423. The lowest BCUT2D eigenvalue weighted by Crippen LogP contribution is -2.34. The highest BCUT2D eigenvalue weighted by Crippen LogP contribution is 2.35. The Labute approximate surface area is 234 Å². The van der Waals surface area contributed by atoms with Crippen LogP contribution >= 0.6 is 34.4 Å². The van der Waals surface area contributed by atoms with Crippen LogP contribution in [0.4, 0.5) is 5.00 Å². The first-order chi connectivity index (χ1) is 18.0. The molecule has 3 rings (SSSR count). The monoisotopic (exact) mass is 577 g/mol. The second kappa shape index (κ2) is 13.2. The summed E-state index contributed by atoms with van der Waals surface area (Å²) in [5, 5.41) is 3.39. The molecule has 9 nitrogen and oxygen atoms in total. The molecule has 0 unspecified atom stereocenters. The summed E-state index contributed by atoms with van der Waals surface area (Å²) in [5.41, 5.74) is 0.847. The number of nitrogens with zero attached hydrogens (tertiary/aromatic N) is 2. The lowest BCUT2D eigenvalue weighted by molar-refractivity contribution is -0.123. The largest absolute Gasteiger partial charge is 0.462 e. The van der Waals surface area contributed by atoms with Crippen LogP contribution < -0.4 is 5.32 Å². The molecule has 2 amide bonds. The molecule has 1 aliphatic rings. The van der Waals surface area contributed by atoms with Crippen LogP contribution in [0.3, 0.4) is 0 Å². The van der Waals surface area contributed by atoms with E-state index in [9.17, 15) is 19.2 Å². The number of carbonyl (C=O) groups excluding carboxylic acids is 4. The number of hydrogen-bond donors (Lipinski definition) is 1. The molecule has 2 aromatic heterocycles. The van der Waals surface area contributed by atoms with Crippen LogP contribution in [-0.4, -0.2) is 59.3 Å². The Kier molecular flexibility index (Phi) is 10.3. The molecule has 1 aliphatic heterocycles. The summed E-state index contributed by atoms with van der Waals surface area (Å²) in [5.74, 6) is -1.68. The fourth-order valence-electron chi connectivity index (χ4n) is 3.57. The van der Waals surface area contributed by atoms with Crippen molar-refractivity contribution in [2.45, 2.75) is 41.5 Å². The third kappa shape index (κ3) is 7.12. The lowest BCUT2D eigenvalue weighted by Gasteiger charge is -2.19. The van der Waals surface area contributed by atoms with Gasteiger partial charge < -0.3 is 14.8 Å². The van der Waals surface area contributed by atoms with Crippen molar-refractivity contribution in [3.05, 3.63) is 43.6 Å². The van der Waals surface area contributed by atoms with Crippen molar-refractivity contribution >= 4 is 74.4 Å². The summed E-state index contributed by atoms with van der Waals surface area (Å²) in [6.45, 7) is 11.8. The molecule has 2 aromatic rings. The zero-order valence-corrected chi connectivity index (χ0v) is 24.7. The standard InChI is InChI=1S/C26H31N3O6S3/c1-7-34-24(32)20-16(6)21(25(33)35-8-2)38-22(20)28-19(30)13-36-26-27-18(11-17-10-9-15(5)37-17)23(31)29(26)12-14(3)4/h9-11,14H,7-8,12-13H2,1-6H3,(H,28,30)/b18-11+. The van der Waals surface area contributed by atoms with E-state index in [0.717, 1.165) is 32.9 Å². The van der Waals surface area contributed by atoms with Gasteiger partial charge in [0.05, 0.1) is 24.5 Å². The summed E-state index contributed by atoms with van der Waals surface area (Å²) in [6, 6.07) is 3.92. The number of aryl methyl sites for hydroxylation is 1. The Morgan fingerprint density at radius 2 is 1.79 bits per heavy atom. The van der Waals surface area contributed by atoms with Crippen LogP contribution in [-0.2, 0) is 19.1 Å². The average Bonchev–Trinajstić information content (AvgIpc) is 3.49. The van der Waals surface area contributed by atoms with Gasteiger partial charge in [-0.15, -0.1) is 22.7 Å². The van der Waals surface area contributed by atoms with Crippen molar-refractivity contribution in [3.8, 4) is 0 Å². The van der Waals surface area contributed by atoms with Crippen molar-refractivity contribution in [3.63, 3.8) is 0 Å². The van der Waals surface area contributed by atoms with Crippen LogP contribution in [0.25, 0.3) is 6.08 Å². The normalized spacial score (nSPS) is 14.3. The predicted octanol–water partition coefficient (Wildman–Crippen LogP) is 5.35. The smallest absolute Gasteiger partial charge is 0.348 e. The Morgan fingerprint density at radius 1 is 1.11 bits per heavy atom. The maximum absolute atomic E-state index is 13.1. The summed E-state index contributed by atoms with van der Waals surface area (Å²) >= 11 is 3.68. The van der Waals surface area contributed by atoms with Crippen LogP contribution in [0.1, 0.15) is 63.0 Å². The molecule has 0 radical (unpaired) electrons. The van der Waals surface area contributed by atoms with Gasteiger partial charge in [0.1, 0.15) is 15.6 Å². The summed E-state index contributed by atoms with van der Waals surface area (Å²) < 4.78 is 10.2. The highest BCUT2D eigenvalue weighted by atomic mass is 32.2. The van der Waals surface area contributed by atoms with Crippen LogP contribution in [0.15, 0.2) is 22.8 Å². The summed E-state index contributed by atoms with van der Waals surface area (Å²) in [7, 11) is 0. The van der Waals surface area contributed by atoms with Gasteiger partial charge >= 0.3 is 11.9 Å². The fourth-order valence-corrected chi connectivity index (χ4v) is 6.30. The molecule has 0 fully saturated rings. The van der Waals surface area contributed by atoms with Gasteiger partial charge in [-0.1, -0.05) is 25.6 Å². The van der Waals surface area contributed by atoms with Gasteiger partial charge in [0.15, 0.2) is 5.17 Å². The minimum atomic E-state index is -0.632. The SMILES string of the molecule is CCOC(=O)c1sc(NC(=O)CSC2=N/C(=C/c3ccc(C)s3)C(=O)N2CC(C)C)c(C(=O)OCC)c1C. The van der Waals surface area contributed by atoms with E-state index in [2.05, 4.69) is 10.3 Å². The zero-order chi connectivity index (χ0) is 28.0. The maximum Gasteiger partial charge on any atom is 0.348 e. The maximum atomic E-state index is 13.1. The molecule has 0 spiro atoms.